The number of aromatic nitrogens is 3. The minimum Gasteiger partial charge on any atom is -0.394 e. The molecule has 8 heteroatoms. The smallest absolute Gasteiger partial charge is 0.242 e. The molecule has 1 atom stereocenters. The third-order valence-electron chi connectivity index (χ3n) is 6.96. The molecule has 4 rings (SSSR count). The SMILES string of the molecule is CCc1nn2c(C)cc(C)nc2c1Cc1ccc(/C=C/CN2CCN(C(=O)[C@H](CO)NC)CC2)cc1. The number of rotatable bonds is 9. The number of amides is 1. The van der Waals surface area contributed by atoms with Crippen LogP contribution in [-0.2, 0) is 17.6 Å². The fourth-order valence-corrected chi connectivity index (χ4v) is 4.83. The van der Waals surface area contributed by atoms with Crippen LogP contribution in [0.2, 0.25) is 0 Å². The van der Waals surface area contributed by atoms with Gasteiger partial charge < -0.3 is 15.3 Å². The van der Waals surface area contributed by atoms with Crippen LogP contribution in [0.25, 0.3) is 11.7 Å². The van der Waals surface area contributed by atoms with Crippen LogP contribution in [0.5, 0.6) is 0 Å². The number of hydrogen-bond donors (Lipinski definition) is 2. The highest BCUT2D eigenvalue weighted by Crippen LogP contribution is 2.21. The van der Waals surface area contributed by atoms with Crippen molar-refractivity contribution in [2.45, 2.75) is 39.7 Å². The highest BCUT2D eigenvalue weighted by molar-refractivity contribution is 5.82. The van der Waals surface area contributed by atoms with E-state index in [1.807, 2.05) is 16.3 Å². The summed E-state index contributed by atoms with van der Waals surface area (Å²) in [7, 11) is 1.70. The van der Waals surface area contributed by atoms with E-state index < -0.39 is 6.04 Å². The summed E-state index contributed by atoms with van der Waals surface area (Å²) in [6, 6.07) is 10.3. The van der Waals surface area contributed by atoms with Crippen molar-refractivity contribution in [2.24, 2.45) is 0 Å². The van der Waals surface area contributed by atoms with Gasteiger partial charge in [-0.2, -0.15) is 5.10 Å². The van der Waals surface area contributed by atoms with Crippen LogP contribution in [0.1, 0.15) is 40.7 Å². The summed E-state index contributed by atoms with van der Waals surface area (Å²) < 4.78 is 1.97. The minimum absolute atomic E-state index is 0.0217. The molecule has 8 nitrogen and oxygen atoms in total. The topological polar surface area (TPSA) is 86.0 Å². The second kappa shape index (κ2) is 11.8. The number of carbonyl (C=O) groups excluding carboxylic acids is 1. The molecule has 1 aliphatic heterocycles. The van der Waals surface area contributed by atoms with Crippen LogP contribution in [-0.4, -0.2) is 87.8 Å². The maximum absolute atomic E-state index is 12.4. The average Bonchev–Trinajstić information content (AvgIpc) is 3.23. The third kappa shape index (κ3) is 5.83. The van der Waals surface area contributed by atoms with Crippen molar-refractivity contribution in [3.63, 3.8) is 0 Å². The molecule has 0 spiro atoms. The Morgan fingerprint density at radius 1 is 1.17 bits per heavy atom. The zero-order chi connectivity index (χ0) is 25.7. The molecule has 0 saturated carbocycles. The minimum atomic E-state index is -0.509. The molecule has 0 bridgehead atoms. The summed E-state index contributed by atoms with van der Waals surface area (Å²) in [4.78, 5) is 21.3. The van der Waals surface area contributed by atoms with Gasteiger partial charge >= 0.3 is 0 Å². The van der Waals surface area contributed by atoms with Crippen molar-refractivity contribution in [2.75, 3.05) is 46.4 Å². The number of carbonyl (C=O) groups is 1. The molecule has 36 heavy (non-hydrogen) atoms. The molecule has 1 fully saturated rings. The quantitative estimate of drug-likeness (QED) is 0.479. The Bertz CT molecular complexity index is 1200. The molecule has 0 aliphatic carbocycles. The monoisotopic (exact) mass is 490 g/mol. The molecule has 0 radical (unpaired) electrons. The number of nitrogens with zero attached hydrogens (tertiary/aromatic N) is 5. The van der Waals surface area contributed by atoms with E-state index in [0.717, 1.165) is 55.2 Å². The van der Waals surface area contributed by atoms with Crippen LogP contribution in [0.15, 0.2) is 36.4 Å². The van der Waals surface area contributed by atoms with Crippen LogP contribution < -0.4 is 5.32 Å². The van der Waals surface area contributed by atoms with E-state index in [1.165, 1.54) is 16.7 Å². The second-order valence-corrected chi connectivity index (χ2v) is 9.52. The third-order valence-corrected chi connectivity index (χ3v) is 6.96. The number of fused-ring (bicyclic) bond motifs is 1. The predicted molar refractivity (Wildman–Crippen MR) is 143 cm³/mol. The zero-order valence-corrected chi connectivity index (χ0v) is 21.9. The molecule has 192 valence electrons. The number of nitrogens with one attached hydrogen (secondary N) is 1. The van der Waals surface area contributed by atoms with Crippen molar-refractivity contribution in [1.29, 1.82) is 0 Å². The number of aliphatic hydroxyl groups is 1. The van der Waals surface area contributed by atoms with E-state index >= 15 is 0 Å². The van der Waals surface area contributed by atoms with Crippen molar-refractivity contribution in [3.8, 4) is 0 Å². The number of piperazine rings is 1. The van der Waals surface area contributed by atoms with E-state index in [-0.39, 0.29) is 12.5 Å². The molecular weight excluding hydrogens is 452 g/mol. The summed E-state index contributed by atoms with van der Waals surface area (Å²) in [5, 5.41) is 17.0. The molecule has 2 N–H and O–H groups in total. The van der Waals surface area contributed by atoms with Gasteiger partial charge in [0.25, 0.3) is 0 Å². The number of benzene rings is 1. The maximum atomic E-state index is 12.4. The van der Waals surface area contributed by atoms with Crippen LogP contribution in [0.3, 0.4) is 0 Å². The van der Waals surface area contributed by atoms with Gasteiger partial charge in [0.15, 0.2) is 5.65 Å². The normalized spacial score (nSPS) is 15.8. The zero-order valence-electron chi connectivity index (χ0n) is 21.9. The number of aryl methyl sites for hydroxylation is 3. The molecule has 2 aromatic heterocycles. The Balaban J connectivity index is 1.33. The van der Waals surface area contributed by atoms with Gasteiger partial charge in [0.05, 0.1) is 12.3 Å². The largest absolute Gasteiger partial charge is 0.394 e. The van der Waals surface area contributed by atoms with Gasteiger partial charge in [-0.3, -0.25) is 9.69 Å². The summed E-state index contributed by atoms with van der Waals surface area (Å²) >= 11 is 0. The first kappa shape index (κ1) is 26.0. The lowest BCUT2D eigenvalue weighted by Crippen LogP contribution is -2.54. The Morgan fingerprint density at radius 2 is 1.89 bits per heavy atom. The fraction of sp³-hybridized carbons (Fsp3) is 0.464. The summed E-state index contributed by atoms with van der Waals surface area (Å²) in [6.07, 6.45) is 6.05. The van der Waals surface area contributed by atoms with Crippen LogP contribution in [0, 0.1) is 13.8 Å². The summed E-state index contributed by atoms with van der Waals surface area (Å²) in [5.74, 6) is -0.0217. The van der Waals surface area contributed by atoms with E-state index in [2.05, 4.69) is 66.5 Å². The molecule has 1 amide bonds. The van der Waals surface area contributed by atoms with Gasteiger partial charge in [-0.05, 0) is 44.5 Å². The Labute approximate surface area is 213 Å². The standard InChI is InChI=1S/C28H38N6O2/c1-5-25-24(27-30-20(2)17-21(3)34(27)31-25)18-23-10-8-22(9-11-23)7-6-12-32-13-15-33(16-14-32)28(36)26(19-35)29-4/h6-11,17,26,29,35H,5,12-16,18-19H2,1-4H3/b7-6+/t26-/m0/s1. The molecule has 0 unspecified atom stereocenters. The predicted octanol–water partition coefficient (Wildman–Crippen LogP) is 2.24. The highest BCUT2D eigenvalue weighted by atomic mass is 16.3. The van der Waals surface area contributed by atoms with Gasteiger partial charge in [-0.25, -0.2) is 9.50 Å². The second-order valence-electron chi connectivity index (χ2n) is 9.52. The molecule has 1 saturated heterocycles. The number of likely N-dealkylation sites (N-methyl/N-ethyl adjacent to an activating group) is 1. The van der Waals surface area contributed by atoms with Gasteiger partial charge in [-0.1, -0.05) is 43.3 Å². The lowest BCUT2D eigenvalue weighted by Gasteiger charge is -2.35. The molecule has 3 aromatic rings. The van der Waals surface area contributed by atoms with Gasteiger partial charge in [0, 0.05) is 56.1 Å². The van der Waals surface area contributed by atoms with Crippen LogP contribution >= 0.6 is 0 Å². The van der Waals surface area contributed by atoms with Gasteiger partial charge in [0.1, 0.15) is 6.04 Å². The lowest BCUT2D eigenvalue weighted by atomic mass is 10.0. The molecule has 1 aliphatic rings. The Kier molecular flexibility index (Phi) is 8.51. The fourth-order valence-electron chi connectivity index (χ4n) is 4.83. The highest BCUT2D eigenvalue weighted by Gasteiger charge is 2.25. The van der Waals surface area contributed by atoms with Crippen molar-refractivity contribution >= 4 is 17.6 Å². The van der Waals surface area contributed by atoms with E-state index in [1.54, 1.807) is 7.05 Å². The first-order valence-electron chi connectivity index (χ1n) is 12.8. The number of aliphatic hydroxyl groups excluding tert-OH is 1. The first-order chi connectivity index (χ1) is 17.4. The Morgan fingerprint density at radius 3 is 2.53 bits per heavy atom. The Hall–Kier alpha value is -3.07. The molecule has 1 aromatic carbocycles. The maximum Gasteiger partial charge on any atom is 0.242 e. The van der Waals surface area contributed by atoms with E-state index in [4.69, 9.17) is 10.1 Å². The van der Waals surface area contributed by atoms with Gasteiger partial charge in [0.2, 0.25) is 5.91 Å². The van der Waals surface area contributed by atoms with E-state index in [0.29, 0.717) is 13.1 Å². The molecule has 3 heterocycles. The average molecular weight is 491 g/mol. The first-order valence-corrected chi connectivity index (χ1v) is 12.8. The lowest BCUT2D eigenvalue weighted by molar-refractivity contribution is -0.136. The van der Waals surface area contributed by atoms with Crippen molar-refractivity contribution < 1.29 is 9.90 Å². The van der Waals surface area contributed by atoms with Gasteiger partial charge in [-0.15, -0.1) is 0 Å². The number of hydrogen-bond acceptors (Lipinski definition) is 6. The molecular formula is C28H38N6O2. The van der Waals surface area contributed by atoms with Crippen molar-refractivity contribution in [3.05, 3.63) is 70.2 Å². The summed E-state index contributed by atoms with van der Waals surface area (Å²) in [5.41, 5.74) is 7.84. The summed E-state index contributed by atoms with van der Waals surface area (Å²) in [6.45, 7) is 9.99. The van der Waals surface area contributed by atoms with Crippen LogP contribution in [0.4, 0.5) is 0 Å². The van der Waals surface area contributed by atoms with Crippen molar-refractivity contribution in [1.82, 2.24) is 29.7 Å². The van der Waals surface area contributed by atoms with E-state index in [9.17, 15) is 9.90 Å².